The first-order valence-corrected chi connectivity index (χ1v) is 19.7. The van der Waals surface area contributed by atoms with E-state index < -0.39 is 40.9 Å². The molecule has 3 aromatic carbocycles. The molecule has 6 heterocycles. The van der Waals surface area contributed by atoms with Crippen molar-refractivity contribution < 1.29 is 43.9 Å². The zero-order valence-corrected chi connectivity index (χ0v) is 35.5. The molecule has 0 amide bonds. The smallest absolute Gasteiger partial charge is 0.253 e. The number of hydrogen-bond donors (Lipinski definition) is 0. The molecule has 9 rings (SSSR count). The van der Waals surface area contributed by atoms with Gasteiger partial charge in [-0.3, -0.25) is 15.0 Å². The number of tetrazole rings is 3. The van der Waals surface area contributed by atoms with Crippen LogP contribution >= 0.6 is 31.9 Å². The molecule has 0 aliphatic heterocycles. The normalized spacial score (nSPS) is 11.6. The largest absolute Gasteiger partial charge is 0.417 e. The van der Waals surface area contributed by atoms with Gasteiger partial charge in [0.1, 0.15) is 22.9 Å². The van der Waals surface area contributed by atoms with Gasteiger partial charge < -0.3 is 0 Å². The van der Waals surface area contributed by atoms with Gasteiger partial charge in [-0.1, -0.05) is 34.1 Å². The van der Waals surface area contributed by atoms with Crippen LogP contribution in [0.25, 0.3) is 51.6 Å². The van der Waals surface area contributed by atoms with Crippen molar-refractivity contribution in [1.29, 1.82) is 0 Å². The van der Waals surface area contributed by atoms with Gasteiger partial charge in [-0.15, -0.1) is 45.0 Å². The summed E-state index contributed by atoms with van der Waals surface area (Å²) in [6.07, 6.45) is -9.74. The number of hydrogen-bond acceptors (Lipinski definition) is 12. The van der Waals surface area contributed by atoms with E-state index in [1.807, 2.05) is 6.07 Å². The van der Waals surface area contributed by atoms with Crippen LogP contribution in [-0.2, 0) is 18.5 Å². The van der Waals surface area contributed by atoms with Crippen LogP contribution in [0.5, 0.6) is 0 Å². The van der Waals surface area contributed by atoms with E-state index in [-0.39, 0.29) is 39.4 Å². The molecular formula is C39H21Br2F10N15. The summed E-state index contributed by atoms with van der Waals surface area (Å²) in [7, 11) is 0. The van der Waals surface area contributed by atoms with Crippen LogP contribution in [0.3, 0.4) is 0 Å². The Balaban J connectivity index is 0.000000149. The van der Waals surface area contributed by atoms with Crippen LogP contribution in [0.4, 0.5) is 43.9 Å². The lowest BCUT2D eigenvalue weighted by Gasteiger charge is -2.13. The van der Waals surface area contributed by atoms with Gasteiger partial charge in [-0.05, 0) is 116 Å². The Hall–Kier alpha value is -7.42. The fraction of sp³-hybridized carbons (Fsp3) is 0.0769. The van der Waals surface area contributed by atoms with Crippen LogP contribution in [-0.4, -0.2) is 75.6 Å². The molecule has 0 aliphatic rings. The van der Waals surface area contributed by atoms with E-state index in [9.17, 15) is 43.9 Å². The van der Waals surface area contributed by atoms with Gasteiger partial charge >= 0.3 is 18.5 Å². The Bertz CT molecular complexity index is 3020. The number of halogens is 12. The van der Waals surface area contributed by atoms with Crippen LogP contribution in [0, 0.1) is 5.82 Å². The van der Waals surface area contributed by atoms with E-state index in [0.717, 1.165) is 10.9 Å². The van der Waals surface area contributed by atoms with Crippen molar-refractivity contribution in [3.05, 3.63) is 159 Å². The van der Waals surface area contributed by atoms with Crippen LogP contribution in [0.15, 0.2) is 137 Å². The zero-order valence-electron chi connectivity index (χ0n) is 32.4. The summed E-state index contributed by atoms with van der Waals surface area (Å²) in [6.45, 7) is 0. The highest BCUT2D eigenvalue weighted by Gasteiger charge is 2.37. The lowest BCUT2D eigenvalue weighted by atomic mass is 10.1. The van der Waals surface area contributed by atoms with Crippen molar-refractivity contribution in [1.82, 2.24) is 75.6 Å². The number of pyridine rings is 3. The van der Waals surface area contributed by atoms with Gasteiger partial charge in [-0.2, -0.15) is 39.5 Å². The quantitative estimate of drug-likeness (QED) is 0.145. The van der Waals surface area contributed by atoms with Crippen LogP contribution in [0.1, 0.15) is 16.7 Å². The fourth-order valence-electron chi connectivity index (χ4n) is 5.28. The van der Waals surface area contributed by atoms with Crippen molar-refractivity contribution in [2.45, 2.75) is 18.5 Å². The molecule has 0 saturated heterocycles. The van der Waals surface area contributed by atoms with Crippen molar-refractivity contribution >= 4 is 31.9 Å². The molecular weight excluding hydrogens is 1030 g/mol. The van der Waals surface area contributed by atoms with Crippen molar-refractivity contribution in [3.63, 3.8) is 0 Å². The predicted octanol–water partition coefficient (Wildman–Crippen LogP) is 9.89. The standard InChI is InChI=1S/C14H7F6N5.C13H7BrF3N5.C12H7BrFN5/c15-13(16,17)8-5-9(14(18,19)20)7-10(6-8)25-23-12(22-24-25)11-3-1-2-4-21-11;14-10-5-4-8(7-9(10)13(15,16)17)22-20-12(19-21-22)11-3-1-2-6-18-11;13-9-5-4-8(7-10(9)14)19-17-12(16-18-19)11-3-1-2-6-15-11/h1-7H;1-7H;1-7H. The average Bonchev–Trinajstić information content (AvgIpc) is 4.11. The molecule has 0 unspecified atom stereocenters. The minimum absolute atomic E-state index is 0.0279. The molecule has 0 N–H and O–H groups in total. The van der Waals surface area contributed by atoms with Gasteiger partial charge in [-0.25, -0.2) is 4.39 Å². The van der Waals surface area contributed by atoms with Gasteiger partial charge in [0.2, 0.25) is 17.5 Å². The number of aromatic nitrogens is 15. The molecule has 336 valence electrons. The number of rotatable bonds is 6. The van der Waals surface area contributed by atoms with Gasteiger partial charge in [0.15, 0.2) is 0 Å². The first kappa shape index (κ1) is 46.6. The van der Waals surface area contributed by atoms with Crippen LogP contribution in [0.2, 0.25) is 0 Å². The summed E-state index contributed by atoms with van der Waals surface area (Å²) >= 11 is 5.98. The second kappa shape index (κ2) is 19.4. The highest BCUT2D eigenvalue weighted by atomic mass is 79.9. The molecule has 15 nitrogen and oxygen atoms in total. The fourth-order valence-corrected chi connectivity index (χ4v) is 6.00. The Kier molecular flexibility index (Phi) is 13.7. The topological polar surface area (TPSA) is 169 Å². The second-order valence-electron chi connectivity index (χ2n) is 12.9. The molecule has 0 radical (unpaired) electrons. The summed E-state index contributed by atoms with van der Waals surface area (Å²) < 4.78 is 130. The maximum atomic E-state index is 13.4. The maximum Gasteiger partial charge on any atom is 0.417 e. The Morgan fingerprint density at radius 3 is 1.17 bits per heavy atom. The van der Waals surface area contributed by atoms with Crippen molar-refractivity contribution in [2.75, 3.05) is 0 Å². The third kappa shape index (κ3) is 11.4. The molecule has 6 aromatic heterocycles. The lowest BCUT2D eigenvalue weighted by molar-refractivity contribution is -0.143. The Morgan fingerprint density at radius 2 is 0.803 bits per heavy atom. The molecule has 66 heavy (non-hydrogen) atoms. The van der Waals surface area contributed by atoms with Gasteiger partial charge in [0.25, 0.3) is 0 Å². The lowest BCUT2D eigenvalue weighted by Crippen LogP contribution is -2.13. The Labute approximate surface area is 379 Å². The minimum Gasteiger partial charge on any atom is -0.253 e. The molecule has 0 bridgehead atoms. The van der Waals surface area contributed by atoms with E-state index in [1.54, 1.807) is 67.0 Å². The summed E-state index contributed by atoms with van der Waals surface area (Å²) in [5.41, 5.74) is -2.22. The third-order valence-corrected chi connectivity index (χ3v) is 9.68. The van der Waals surface area contributed by atoms with Crippen molar-refractivity contribution in [3.8, 4) is 51.6 Å². The van der Waals surface area contributed by atoms with Gasteiger partial charge in [0.05, 0.1) is 38.2 Å². The molecule has 0 atom stereocenters. The van der Waals surface area contributed by atoms with Crippen LogP contribution < -0.4 is 0 Å². The van der Waals surface area contributed by atoms with E-state index in [1.165, 1.54) is 35.3 Å². The highest BCUT2D eigenvalue weighted by molar-refractivity contribution is 9.10. The summed E-state index contributed by atoms with van der Waals surface area (Å²) in [4.78, 5) is 15.0. The Morgan fingerprint density at radius 1 is 0.409 bits per heavy atom. The summed E-state index contributed by atoms with van der Waals surface area (Å²) in [6, 6.07) is 24.7. The monoisotopic (exact) mass is 1050 g/mol. The number of nitrogens with zero attached hydrogens (tertiary/aromatic N) is 15. The van der Waals surface area contributed by atoms with E-state index >= 15 is 0 Å². The van der Waals surface area contributed by atoms with E-state index in [2.05, 4.69) is 93.0 Å². The predicted molar refractivity (Wildman–Crippen MR) is 218 cm³/mol. The maximum absolute atomic E-state index is 13.4. The van der Waals surface area contributed by atoms with Crippen molar-refractivity contribution in [2.24, 2.45) is 0 Å². The first-order valence-electron chi connectivity index (χ1n) is 18.1. The van der Waals surface area contributed by atoms with E-state index in [0.29, 0.717) is 44.3 Å². The third-order valence-electron chi connectivity index (χ3n) is 8.35. The minimum atomic E-state index is -4.96. The molecule has 0 spiro atoms. The molecule has 0 saturated carbocycles. The zero-order chi connectivity index (χ0) is 47.2. The SMILES string of the molecule is FC(F)(F)c1cc(-n2nnc(-c3ccccn3)n2)cc(C(F)(F)F)c1.FC(F)(F)c1cc(-n2nnc(-c3ccccn3)n2)ccc1Br.Fc1cc(-n2nnc(-c3ccccn3)n2)ccc1Br. The number of alkyl halides is 9. The second-order valence-corrected chi connectivity index (χ2v) is 14.6. The first-order chi connectivity index (χ1) is 31.3. The molecule has 27 heteroatoms. The van der Waals surface area contributed by atoms with E-state index in [4.69, 9.17) is 0 Å². The number of benzene rings is 3. The molecule has 0 fully saturated rings. The summed E-state index contributed by atoms with van der Waals surface area (Å²) in [5.74, 6) is 0.210. The summed E-state index contributed by atoms with van der Waals surface area (Å²) in [5, 5.41) is 34.5. The van der Waals surface area contributed by atoms with Gasteiger partial charge in [0, 0.05) is 29.1 Å². The molecule has 0 aliphatic carbocycles. The highest BCUT2D eigenvalue weighted by Crippen LogP contribution is 2.38. The average molecular weight is 1050 g/mol. The molecule has 9 aromatic rings.